The van der Waals surface area contributed by atoms with E-state index >= 15 is 0 Å². The van der Waals surface area contributed by atoms with E-state index in [2.05, 4.69) is 37.4 Å². The van der Waals surface area contributed by atoms with E-state index in [1.54, 1.807) is 11.8 Å². The lowest BCUT2D eigenvalue weighted by molar-refractivity contribution is -0.113. The normalized spacial score (nSPS) is 15.0. The maximum Gasteiger partial charge on any atom is 0.239 e. The number of carbonyl (C=O) groups is 1. The maximum atomic E-state index is 12.3. The molecule has 0 aromatic heterocycles. The van der Waals surface area contributed by atoms with Crippen molar-refractivity contribution < 1.29 is 13.2 Å². The standard InChI is InChI=1S/C21H25NO3S2/c1-15-7-12-20(16(2)13-15)26-18-10-8-17(9-11-18)22-21(23)14-27(24,25)19-5-3-4-6-19/h7-13,19H,3-6,14H2,1-2H3,(H,22,23). The van der Waals surface area contributed by atoms with Crippen LogP contribution in [0.15, 0.2) is 52.3 Å². The Kier molecular flexibility index (Phi) is 6.27. The SMILES string of the molecule is Cc1ccc(Sc2ccc(NC(=O)CS(=O)(=O)C3CCCC3)cc2)c(C)c1. The molecule has 0 radical (unpaired) electrons. The molecule has 4 nitrogen and oxygen atoms in total. The molecular weight excluding hydrogens is 378 g/mol. The summed E-state index contributed by atoms with van der Waals surface area (Å²) in [6.07, 6.45) is 3.23. The van der Waals surface area contributed by atoms with Crippen LogP contribution in [-0.4, -0.2) is 25.3 Å². The van der Waals surface area contributed by atoms with Crippen LogP contribution in [0.1, 0.15) is 36.8 Å². The molecule has 0 heterocycles. The van der Waals surface area contributed by atoms with E-state index in [0.717, 1.165) is 17.7 Å². The van der Waals surface area contributed by atoms with Crippen molar-refractivity contribution in [2.75, 3.05) is 11.1 Å². The Hall–Kier alpha value is -1.79. The van der Waals surface area contributed by atoms with Gasteiger partial charge in [-0.1, -0.05) is 42.3 Å². The fourth-order valence-electron chi connectivity index (χ4n) is 3.39. The summed E-state index contributed by atoms with van der Waals surface area (Å²) < 4.78 is 24.6. The minimum absolute atomic E-state index is 0.347. The Morgan fingerprint density at radius 3 is 2.37 bits per heavy atom. The Morgan fingerprint density at radius 2 is 1.74 bits per heavy atom. The van der Waals surface area contributed by atoms with Crippen LogP contribution < -0.4 is 5.32 Å². The lowest BCUT2D eigenvalue weighted by atomic mass is 10.2. The van der Waals surface area contributed by atoms with E-state index in [4.69, 9.17) is 0 Å². The number of rotatable bonds is 6. The Bertz CT molecular complexity index is 915. The highest BCUT2D eigenvalue weighted by Gasteiger charge is 2.30. The van der Waals surface area contributed by atoms with Gasteiger partial charge in [-0.2, -0.15) is 0 Å². The molecule has 3 rings (SSSR count). The number of carbonyl (C=O) groups excluding carboxylic acids is 1. The monoisotopic (exact) mass is 403 g/mol. The van der Waals surface area contributed by atoms with E-state index < -0.39 is 21.5 Å². The molecule has 2 aromatic carbocycles. The van der Waals surface area contributed by atoms with Crippen LogP contribution in [0.25, 0.3) is 0 Å². The number of anilines is 1. The van der Waals surface area contributed by atoms with Gasteiger partial charge in [-0.05, 0) is 62.6 Å². The third-order valence-corrected chi connectivity index (χ3v) is 8.18. The second-order valence-corrected chi connectivity index (χ2v) is 10.6. The molecule has 144 valence electrons. The minimum Gasteiger partial charge on any atom is -0.325 e. The van der Waals surface area contributed by atoms with Crippen LogP contribution in [0.4, 0.5) is 5.69 Å². The van der Waals surface area contributed by atoms with Crippen molar-refractivity contribution in [3.8, 4) is 0 Å². The number of benzene rings is 2. The van der Waals surface area contributed by atoms with Crippen LogP contribution in [0.3, 0.4) is 0 Å². The van der Waals surface area contributed by atoms with Gasteiger partial charge in [0.05, 0.1) is 5.25 Å². The van der Waals surface area contributed by atoms with Crippen LogP contribution >= 0.6 is 11.8 Å². The van der Waals surface area contributed by atoms with Crippen molar-refractivity contribution in [2.24, 2.45) is 0 Å². The quantitative estimate of drug-likeness (QED) is 0.756. The second-order valence-electron chi connectivity index (χ2n) is 7.16. The predicted octanol–water partition coefficient (Wildman–Crippen LogP) is 4.75. The van der Waals surface area contributed by atoms with E-state index in [1.165, 1.54) is 16.0 Å². The van der Waals surface area contributed by atoms with Crippen molar-refractivity contribution in [2.45, 2.75) is 54.6 Å². The van der Waals surface area contributed by atoms with Gasteiger partial charge in [0.15, 0.2) is 9.84 Å². The van der Waals surface area contributed by atoms with Gasteiger partial charge in [-0.15, -0.1) is 0 Å². The molecule has 0 spiro atoms. The first kappa shape index (κ1) is 20.0. The number of hydrogen-bond donors (Lipinski definition) is 1. The fraction of sp³-hybridized carbons (Fsp3) is 0.381. The van der Waals surface area contributed by atoms with E-state index in [9.17, 15) is 13.2 Å². The molecule has 0 unspecified atom stereocenters. The number of amides is 1. The molecule has 1 amide bonds. The lowest BCUT2D eigenvalue weighted by Gasteiger charge is -2.11. The van der Waals surface area contributed by atoms with Gasteiger partial charge in [0, 0.05) is 15.5 Å². The summed E-state index contributed by atoms with van der Waals surface area (Å²) in [7, 11) is -3.35. The summed E-state index contributed by atoms with van der Waals surface area (Å²) in [5, 5.41) is 2.36. The first-order valence-electron chi connectivity index (χ1n) is 9.20. The molecule has 0 bridgehead atoms. The molecule has 1 N–H and O–H groups in total. The Labute approximate surface area is 165 Å². The number of sulfone groups is 1. The number of nitrogens with one attached hydrogen (secondary N) is 1. The molecule has 0 atom stereocenters. The third-order valence-electron chi connectivity index (χ3n) is 4.84. The van der Waals surface area contributed by atoms with Crippen LogP contribution in [0, 0.1) is 13.8 Å². The summed E-state index contributed by atoms with van der Waals surface area (Å²) in [6, 6.07) is 13.9. The van der Waals surface area contributed by atoms with Gasteiger partial charge >= 0.3 is 0 Å². The minimum atomic E-state index is -3.35. The van der Waals surface area contributed by atoms with Gasteiger partial charge in [-0.3, -0.25) is 4.79 Å². The molecule has 0 saturated heterocycles. The predicted molar refractivity (Wildman–Crippen MR) is 111 cm³/mol. The molecule has 27 heavy (non-hydrogen) atoms. The highest BCUT2D eigenvalue weighted by molar-refractivity contribution is 7.99. The van der Waals surface area contributed by atoms with Crippen molar-refractivity contribution >= 4 is 33.2 Å². The lowest BCUT2D eigenvalue weighted by Crippen LogP contribution is -2.29. The summed E-state index contributed by atoms with van der Waals surface area (Å²) >= 11 is 1.67. The zero-order valence-electron chi connectivity index (χ0n) is 15.7. The third kappa shape index (κ3) is 5.36. The highest BCUT2D eigenvalue weighted by atomic mass is 32.2. The molecule has 6 heteroatoms. The molecular formula is C21H25NO3S2. The van der Waals surface area contributed by atoms with Crippen LogP contribution in [-0.2, 0) is 14.6 Å². The largest absolute Gasteiger partial charge is 0.325 e. The highest BCUT2D eigenvalue weighted by Crippen LogP contribution is 2.31. The number of aryl methyl sites for hydroxylation is 2. The Balaban J connectivity index is 1.59. The zero-order chi connectivity index (χ0) is 19.4. The van der Waals surface area contributed by atoms with Gasteiger partial charge in [-0.25, -0.2) is 8.42 Å². The van der Waals surface area contributed by atoms with Crippen molar-refractivity contribution in [1.82, 2.24) is 0 Å². The first-order valence-corrected chi connectivity index (χ1v) is 11.7. The molecule has 1 aliphatic carbocycles. The van der Waals surface area contributed by atoms with Crippen molar-refractivity contribution in [3.63, 3.8) is 0 Å². The Morgan fingerprint density at radius 1 is 1.07 bits per heavy atom. The van der Waals surface area contributed by atoms with E-state index in [1.807, 2.05) is 24.3 Å². The van der Waals surface area contributed by atoms with E-state index in [0.29, 0.717) is 18.5 Å². The van der Waals surface area contributed by atoms with Crippen molar-refractivity contribution in [3.05, 3.63) is 53.6 Å². The summed E-state index contributed by atoms with van der Waals surface area (Å²) in [5.74, 6) is -0.895. The maximum absolute atomic E-state index is 12.3. The topological polar surface area (TPSA) is 63.2 Å². The summed E-state index contributed by atoms with van der Waals surface area (Å²) in [4.78, 5) is 14.4. The fourth-order valence-corrected chi connectivity index (χ4v) is 6.00. The van der Waals surface area contributed by atoms with Gasteiger partial charge < -0.3 is 5.32 Å². The molecule has 1 saturated carbocycles. The average molecular weight is 404 g/mol. The summed E-state index contributed by atoms with van der Waals surface area (Å²) in [5.41, 5.74) is 3.09. The van der Waals surface area contributed by atoms with Gasteiger partial charge in [0.25, 0.3) is 0 Å². The molecule has 1 fully saturated rings. The van der Waals surface area contributed by atoms with Gasteiger partial charge in [0.1, 0.15) is 5.75 Å². The van der Waals surface area contributed by atoms with Gasteiger partial charge in [0.2, 0.25) is 5.91 Å². The molecule has 2 aromatic rings. The van der Waals surface area contributed by atoms with Crippen LogP contribution in [0.5, 0.6) is 0 Å². The van der Waals surface area contributed by atoms with E-state index in [-0.39, 0.29) is 5.25 Å². The van der Waals surface area contributed by atoms with Crippen molar-refractivity contribution in [1.29, 1.82) is 0 Å². The zero-order valence-corrected chi connectivity index (χ0v) is 17.3. The summed E-state index contributed by atoms with van der Waals surface area (Å²) in [6.45, 7) is 4.17. The molecule has 0 aliphatic heterocycles. The molecule has 1 aliphatic rings. The average Bonchev–Trinajstić information content (AvgIpc) is 3.14. The second kappa shape index (κ2) is 8.48. The number of hydrogen-bond acceptors (Lipinski definition) is 4. The first-order chi connectivity index (χ1) is 12.8. The smallest absolute Gasteiger partial charge is 0.239 e. The van der Waals surface area contributed by atoms with Crippen LogP contribution in [0.2, 0.25) is 0 Å².